The van der Waals surface area contributed by atoms with E-state index in [1.807, 2.05) is 29.2 Å². The summed E-state index contributed by atoms with van der Waals surface area (Å²) in [6, 6.07) is 12.0. The van der Waals surface area contributed by atoms with Gasteiger partial charge in [0.1, 0.15) is 0 Å². The molecule has 1 unspecified atom stereocenters. The van der Waals surface area contributed by atoms with Gasteiger partial charge in [-0.05, 0) is 48.2 Å². The summed E-state index contributed by atoms with van der Waals surface area (Å²) in [5.41, 5.74) is 2.03. The van der Waals surface area contributed by atoms with E-state index in [2.05, 4.69) is 28.1 Å². The molecule has 0 aliphatic carbocycles. The molecule has 0 saturated carbocycles. The number of nitrogens with zero attached hydrogens (tertiary/aromatic N) is 1. The fourth-order valence-corrected chi connectivity index (χ4v) is 4.49. The zero-order chi connectivity index (χ0) is 18.8. The Bertz CT molecular complexity index is 857. The fourth-order valence-electron chi connectivity index (χ4n) is 3.79. The number of halogens is 2. The van der Waals surface area contributed by atoms with Gasteiger partial charge >= 0.3 is 0 Å². The van der Waals surface area contributed by atoms with Crippen molar-refractivity contribution in [3.63, 3.8) is 0 Å². The molecule has 1 fully saturated rings. The molecule has 0 bridgehead atoms. The summed E-state index contributed by atoms with van der Waals surface area (Å²) in [5, 5.41) is 0.502. The first kappa shape index (κ1) is 18.6. The molecule has 0 N–H and O–H groups in total. The minimum Gasteiger partial charge on any atom is -0.489 e. The Morgan fingerprint density at radius 3 is 2.89 bits per heavy atom. The number of benzene rings is 2. The van der Waals surface area contributed by atoms with Gasteiger partial charge in [0, 0.05) is 17.4 Å². The van der Waals surface area contributed by atoms with Crippen LogP contribution >= 0.6 is 27.5 Å². The largest absolute Gasteiger partial charge is 0.489 e. The molecule has 4 rings (SSSR count). The number of hydrogen-bond donors (Lipinski definition) is 0. The van der Waals surface area contributed by atoms with Gasteiger partial charge in [-0.2, -0.15) is 0 Å². The second kappa shape index (κ2) is 8.11. The second-order valence-corrected chi connectivity index (χ2v) is 8.26. The average molecular weight is 451 g/mol. The topological polar surface area (TPSA) is 38.8 Å². The molecular weight excluding hydrogens is 430 g/mol. The Kier molecular flexibility index (Phi) is 5.60. The minimum absolute atomic E-state index is 0.114. The molecule has 2 aromatic carbocycles. The minimum atomic E-state index is 0.114. The maximum atomic E-state index is 13.0. The van der Waals surface area contributed by atoms with Gasteiger partial charge in [-0.1, -0.05) is 39.7 Å². The van der Waals surface area contributed by atoms with Crippen LogP contribution in [0.1, 0.15) is 36.4 Å². The van der Waals surface area contributed by atoms with Gasteiger partial charge in [-0.15, -0.1) is 0 Å². The van der Waals surface area contributed by atoms with E-state index in [1.165, 1.54) is 5.56 Å². The second-order valence-electron chi connectivity index (χ2n) is 6.93. The molecule has 0 aromatic heterocycles. The molecule has 0 spiro atoms. The standard InChI is InChI=1S/C21H21BrClNO3/c22-16-5-1-4-15(13-16)18-6-2-7-24(18)20(25)12-14-10-17(23)21-19(11-14)26-8-3-9-27-21/h1,4-5,10-11,13,18H,2-3,6-9,12H2. The van der Waals surface area contributed by atoms with Crippen LogP contribution in [0.3, 0.4) is 0 Å². The molecule has 6 heteroatoms. The molecule has 2 aliphatic heterocycles. The van der Waals surface area contributed by atoms with Crippen molar-refractivity contribution in [3.05, 3.63) is 57.0 Å². The lowest BCUT2D eigenvalue weighted by molar-refractivity contribution is -0.131. The molecule has 2 aromatic rings. The third-order valence-electron chi connectivity index (χ3n) is 5.02. The van der Waals surface area contributed by atoms with E-state index in [4.69, 9.17) is 21.1 Å². The van der Waals surface area contributed by atoms with Crippen LogP contribution in [0.2, 0.25) is 5.02 Å². The van der Waals surface area contributed by atoms with Gasteiger partial charge in [0.2, 0.25) is 5.91 Å². The van der Waals surface area contributed by atoms with Crippen molar-refractivity contribution < 1.29 is 14.3 Å². The number of carbonyl (C=O) groups is 1. The summed E-state index contributed by atoms with van der Waals surface area (Å²) in [4.78, 5) is 15.0. The van der Waals surface area contributed by atoms with Crippen molar-refractivity contribution in [2.45, 2.75) is 31.7 Å². The maximum absolute atomic E-state index is 13.0. The van der Waals surface area contributed by atoms with Gasteiger partial charge < -0.3 is 14.4 Å². The van der Waals surface area contributed by atoms with Gasteiger partial charge in [-0.25, -0.2) is 0 Å². The average Bonchev–Trinajstić information content (AvgIpc) is 3.01. The molecule has 2 heterocycles. The van der Waals surface area contributed by atoms with Gasteiger partial charge in [0.15, 0.2) is 11.5 Å². The SMILES string of the molecule is O=C(Cc1cc(Cl)c2c(c1)OCCCO2)N1CCCC1c1cccc(Br)c1. The van der Waals surface area contributed by atoms with Crippen molar-refractivity contribution in [1.29, 1.82) is 0 Å². The zero-order valence-electron chi connectivity index (χ0n) is 14.9. The monoisotopic (exact) mass is 449 g/mol. The summed E-state index contributed by atoms with van der Waals surface area (Å²) in [6.45, 7) is 1.97. The van der Waals surface area contributed by atoms with E-state index in [1.54, 1.807) is 0 Å². The molecule has 1 atom stereocenters. The van der Waals surface area contributed by atoms with Crippen LogP contribution in [0.4, 0.5) is 0 Å². The van der Waals surface area contributed by atoms with Crippen LogP contribution in [0.25, 0.3) is 0 Å². The molecule has 1 saturated heterocycles. The predicted octanol–water partition coefficient (Wildman–Crippen LogP) is 5.17. The third-order valence-corrected chi connectivity index (χ3v) is 5.80. The highest BCUT2D eigenvalue weighted by molar-refractivity contribution is 9.10. The first-order valence-corrected chi connectivity index (χ1v) is 10.4. The highest BCUT2D eigenvalue weighted by Gasteiger charge is 2.30. The third kappa shape index (κ3) is 4.09. The van der Waals surface area contributed by atoms with E-state index in [0.717, 1.165) is 35.8 Å². The summed E-state index contributed by atoms with van der Waals surface area (Å²) in [6.07, 6.45) is 3.14. The van der Waals surface area contributed by atoms with Crippen LogP contribution in [-0.4, -0.2) is 30.6 Å². The first-order chi connectivity index (χ1) is 13.1. The Balaban J connectivity index is 1.53. The van der Waals surface area contributed by atoms with Gasteiger partial charge in [0.25, 0.3) is 0 Å². The van der Waals surface area contributed by atoms with Crippen molar-refractivity contribution in [3.8, 4) is 11.5 Å². The Hall–Kier alpha value is -1.72. The summed E-state index contributed by atoms with van der Waals surface area (Å²) in [5.74, 6) is 1.33. The lowest BCUT2D eigenvalue weighted by Gasteiger charge is -2.25. The van der Waals surface area contributed by atoms with E-state index < -0.39 is 0 Å². The molecular formula is C21H21BrClNO3. The van der Waals surface area contributed by atoms with Gasteiger partial charge in [0.05, 0.1) is 30.7 Å². The van der Waals surface area contributed by atoms with Crippen LogP contribution in [-0.2, 0) is 11.2 Å². The number of amides is 1. The molecule has 4 nitrogen and oxygen atoms in total. The summed E-state index contributed by atoms with van der Waals surface area (Å²) in [7, 11) is 0. The maximum Gasteiger partial charge on any atom is 0.227 e. The molecule has 142 valence electrons. The van der Waals surface area contributed by atoms with E-state index in [-0.39, 0.29) is 11.9 Å². The quantitative estimate of drug-likeness (QED) is 0.647. The predicted molar refractivity (Wildman–Crippen MR) is 109 cm³/mol. The fraction of sp³-hybridized carbons (Fsp3) is 0.381. The van der Waals surface area contributed by atoms with Crippen molar-refractivity contribution in [2.75, 3.05) is 19.8 Å². The number of carbonyl (C=O) groups excluding carboxylic acids is 1. The molecule has 27 heavy (non-hydrogen) atoms. The summed E-state index contributed by atoms with van der Waals surface area (Å²) >= 11 is 9.90. The lowest BCUT2D eigenvalue weighted by Crippen LogP contribution is -2.31. The summed E-state index contributed by atoms with van der Waals surface area (Å²) < 4.78 is 12.4. The van der Waals surface area contributed by atoms with Crippen LogP contribution in [0.5, 0.6) is 11.5 Å². The van der Waals surface area contributed by atoms with Crippen molar-refractivity contribution in [1.82, 2.24) is 4.90 Å². The number of ether oxygens (including phenoxy) is 2. The Labute approximate surface area is 172 Å². The van der Waals surface area contributed by atoms with E-state index >= 15 is 0 Å². The van der Waals surface area contributed by atoms with Crippen molar-refractivity contribution >= 4 is 33.4 Å². The normalized spacial score (nSPS) is 19.0. The molecule has 1 amide bonds. The van der Waals surface area contributed by atoms with Crippen LogP contribution < -0.4 is 9.47 Å². The van der Waals surface area contributed by atoms with Gasteiger partial charge in [-0.3, -0.25) is 4.79 Å². The Morgan fingerprint density at radius 1 is 1.19 bits per heavy atom. The van der Waals surface area contributed by atoms with Crippen LogP contribution in [0, 0.1) is 0 Å². The van der Waals surface area contributed by atoms with Crippen LogP contribution in [0.15, 0.2) is 40.9 Å². The number of rotatable bonds is 3. The highest BCUT2D eigenvalue weighted by atomic mass is 79.9. The van der Waals surface area contributed by atoms with E-state index in [9.17, 15) is 4.79 Å². The highest BCUT2D eigenvalue weighted by Crippen LogP contribution is 2.39. The number of likely N-dealkylation sites (tertiary alicyclic amines) is 1. The molecule has 2 aliphatic rings. The number of fused-ring (bicyclic) bond motifs is 1. The first-order valence-electron chi connectivity index (χ1n) is 9.25. The van der Waals surface area contributed by atoms with E-state index in [0.29, 0.717) is 36.2 Å². The zero-order valence-corrected chi connectivity index (χ0v) is 17.3. The number of hydrogen-bond acceptors (Lipinski definition) is 3. The molecule has 0 radical (unpaired) electrons. The lowest BCUT2D eigenvalue weighted by atomic mass is 10.0. The van der Waals surface area contributed by atoms with Crippen molar-refractivity contribution in [2.24, 2.45) is 0 Å². The smallest absolute Gasteiger partial charge is 0.227 e. The Morgan fingerprint density at radius 2 is 2.04 bits per heavy atom.